The number of amides is 1. The lowest BCUT2D eigenvalue weighted by atomic mass is 10.1. The molecule has 0 saturated heterocycles. The molecule has 0 unspecified atom stereocenters. The Hall–Kier alpha value is -2.77. The molecule has 0 aliphatic heterocycles. The van der Waals surface area contributed by atoms with Crippen molar-refractivity contribution in [2.45, 2.75) is 13.5 Å². The highest BCUT2D eigenvalue weighted by Crippen LogP contribution is 2.27. The number of nitrogens with zero attached hydrogens (tertiary/aromatic N) is 1. The van der Waals surface area contributed by atoms with E-state index in [9.17, 15) is 4.79 Å². The number of benzene rings is 2. The molecule has 3 rings (SSSR count). The number of rotatable bonds is 3. The molecule has 4 nitrogen and oxygen atoms in total. The lowest BCUT2D eigenvalue weighted by Gasteiger charge is -2.04. The zero-order chi connectivity index (χ0) is 16.4. The summed E-state index contributed by atoms with van der Waals surface area (Å²) in [6, 6.07) is 14.4. The number of hydrogen-bond donors (Lipinski definition) is 1. The Morgan fingerprint density at radius 2 is 2.00 bits per heavy atom. The summed E-state index contributed by atoms with van der Waals surface area (Å²) >= 11 is 5.98. The molecule has 0 spiro atoms. The van der Waals surface area contributed by atoms with Crippen LogP contribution in [0.2, 0.25) is 5.02 Å². The van der Waals surface area contributed by atoms with E-state index in [-0.39, 0.29) is 11.7 Å². The summed E-state index contributed by atoms with van der Waals surface area (Å²) < 4.78 is 5.63. The largest absolute Gasteiger partial charge is 0.451 e. The van der Waals surface area contributed by atoms with Crippen molar-refractivity contribution in [1.82, 2.24) is 5.32 Å². The summed E-state index contributed by atoms with van der Waals surface area (Å²) in [4.78, 5) is 12.3. The maximum absolute atomic E-state index is 12.3. The van der Waals surface area contributed by atoms with Crippen molar-refractivity contribution in [3.8, 4) is 6.07 Å². The smallest absolute Gasteiger partial charge is 0.287 e. The summed E-state index contributed by atoms with van der Waals surface area (Å²) in [7, 11) is 0. The van der Waals surface area contributed by atoms with E-state index in [2.05, 4.69) is 11.4 Å². The normalized spacial score (nSPS) is 10.5. The predicted molar refractivity (Wildman–Crippen MR) is 88.3 cm³/mol. The third kappa shape index (κ3) is 3.05. The molecule has 0 saturated carbocycles. The van der Waals surface area contributed by atoms with Crippen LogP contribution in [-0.4, -0.2) is 5.91 Å². The number of nitriles is 1. The highest BCUT2D eigenvalue weighted by atomic mass is 35.5. The van der Waals surface area contributed by atoms with E-state index >= 15 is 0 Å². The zero-order valence-electron chi connectivity index (χ0n) is 12.4. The van der Waals surface area contributed by atoms with Crippen molar-refractivity contribution in [3.63, 3.8) is 0 Å². The number of carbonyl (C=O) groups is 1. The summed E-state index contributed by atoms with van der Waals surface area (Å²) in [5.74, 6) is 0.00935. The van der Waals surface area contributed by atoms with Gasteiger partial charge in [0.25, 0.3) is 5.91 Å². The van der Waals surface area contributed by atoms with Gasteiger partial charge >= 0.3 is 0 Å². The zero-order valence-corrected chi connectivity index (χ0v) is 13.1. The van der Waals surface area contributed by atoms with Gasteiger partial charge < -0.3 is 9.73 Å². The second-order valence-electron chi connectivity index (χ2n) is 5.19. The molecule has 1 heterocycles. The summed E-state index contributed by atoms with van der Waals surface area (Å²) in [5, 5.41) is 13.0. The number of carbonyl (C=O) groups excluding carboxylic acids is 1. The third-order valence-corrected chi connectivity index (χ3v) is 3.88. The van der Waals surface area contributed by atoms with Crippen LogP contribution in [0.1, 0.15) is 27.2 Å². The van der Waals surface area contributed by atoms with Gasteiger partial charge in [0.1, 0.15) is 5.58 Å². The molecule has 23 heavy (non-hydrogen) atoms. The van der Waals surface area contributed by atoms with Crippen LogP contribution in [0.5, 0.6) is 0 Å². The molecule has 3 aromatic rings. The monoisotopic (exact) mass is 324 g/mol. The lowest BCUT2D eigenvalue weighted by molar-refractivity contribution is 0.0924. The highest BCUT2D eigenvalue weighted by molar-refractivity contribution is 6.31. The number of hydrogen-bond acceptors (Lipinski definition) is 3. The molecule has 0 aliphatic carbocycles. The highest BCUT2D eigenvalue weighted by Gasteiger charge is 2.17. The van der Waals surface area contributed by atoms with Gasteiger partial charge in [0.05, 0.1) is 11.6 Å². The first-order valence-electron chi connectivity index (χ1n) is 7.04. The van der Waals surface area contributed by atoms with Crippen molar-refractivity contribution >= 4 is 28.5 Å². The van der Waals surface area contributed by atoms with E-state index in [0.29, 0.717) is 22.7 Å². The number of fused-ring (bicyclic) bond motifs is 1. The Bertz CT molecular complexity index is 921. The van der Waals surface area contributed by atoms with Gasteiger partial charge in [-0.2, -0.15) is 5.26 Å². The molecular formula is C18H13ClN2O2. The quantitative estimate of drug-likeness (QED) is 0.785. The Kier molecular flexibility index (Phi) is 4.05. The lowest BCUT2D eigenvalue weighted by Crippen LogP contribution is -2.22. The standard InChI is InChI=1S/C18H13ClN2O2/c1-11-15-8-14(19)6-7-16(15)23-17(11)18(22)21-10-13-4-2-12(9-20)3-5-13/h2-8H,10H2,1H3,(H,21,22). The second-order valence-corrected chi connectivity index (χ2v) is 5.62. The minimum Gasteiger partial charge on any atom is -0.451 e. The average Bonchev–Trinajstić information content (AvgIpc) is 2.90. The average molecular weight is 325 g/mol. The summed E-state index contributed by atoms with van der Waals surface area (Å²) in [6.45, 7) is 2.20. The van der Waals surface area contributed by atoms with E-state index in [1.54, 1.807) is 30.3 Å². The van der Waals surface area contributed by atoms with Gasteiger partial charge in [-0.3, -0.25) is 4.79 Å². The van der Waals surface area contributed by atoms with Crippen molar-refractivity contribution in [3.05, 3.63) is 69.9 Å². The molecule has 2 aromatic carbocycles. The van der Waals surface area contributed by atoms with Crippen LogP contribution < -0.4 is 5.32 Å². The maximum Gasteiger partial charge on any atom is 0.287 e. The molecule has 0 fully saturated rings. The Balaban J connectivity index is 1.78. The summed E-state index contributed by atoms with van der Waals surface area (Å²) in [6.07, 6.45) is 0. The fourth-order valence-electron chi connectivity index (χ4n) is 2.37. The Morgan fingerprint density at radius 3 is 2.70 bits per heavy atom. The van der Waals surface area contributed by atoms with Gasteiger partial charge in [-0.1, -0.05) is 23.7 Å². The third-order valence-electron chi connectivity index (χ3n) is 3.64. The molecular weight excluding hydrogens is 312 g/mol. The predicted octanol–water partition coefficient (Wildman–Crippen LogP) is 4.20. The molecule has 114 valence electrons. The van der Waals surface area contributed by atoms with Crippen LogP contribution in [0, 0.1) is 18.3 Å². The van der Waals surface area contributed by atoms with Crippen molar-refractivity contribution in [1.29, 1.82) is 5.26 Å². The van der Waals surface area contributed by atoms with Crippen LogP contribution in [0.3, 0.4) is 0 Å². The van der Waals surface area contributed by atoms with Crippen molar-refractivity contribution < 1.29 is 9.21 Å². The van der Waals surface area contributed by atoms with Gasteiger partial charge in [-0.05, 0) is 42.8 Å². The van der Waals surface area contributed by atoms with Gasteiger partial charge in [0, 0.05) is 22.5 Å². The van der Waals surface area contributed by atoms with Gasteiger partial charge in [0.2, 0.25) is 0 Å². The molecule has 1 N–H and O–H groups in total. The number of nitrogens with one attached hydrogen (secondary N) is 1. The Labute approximate surface area is 138 Å². The summed E-state index contributed by atoms with van der Waals surface area (Å²) in [5.41, 5.74) is 2.90. The van der Waals surface area contributed by atoms with E-state index in [1.165, 1.54) is 0 Å². The molecule has 1 amide bonds. The maximum atomic E-state index is 12.3. The molecule has 0 bridgehead atoms. The molecule has 5 heteroatoms. The van der Waals surface area contributed by atoms with Crippen LogP contribution in [0.25, 0.3) is 11.0 Å². The number of aryl methyl sites for hydroxylation is 1. The van der Waals surface area contributed by atoms with Gasteiger partial charge in [-0.25, -0.2) is 0 Å². The SMILES string of the molecule is Cc1c(C(=O)NCc2ccc(C#N)cc2)oc2ccc(Cl)cc12. The fourth-order valence-corrected chi connectivity index (χ4v) is 2.54. The first-order valence-corrected chi connectivity index (χ1v) is 7.42. The molecule has 1 aromatic heterocycles. The van der Waals surface area contributed by atoms with Crippen LogP contribution in [-0.2, 0) is 6.54 Å². The Morgan fingerprint density at radius 1 is 1.26 bits per heavy atom. The minimum absolute atomic E-state index is 0.279. The molecule has 0 radical (unpaired) electrons. The molecule has 0 atom stereocenters. The van der Waals surface area contributed by atoms with Crippen LogP contribution in [0.4, 0.5) is 0 Å². The number of furan rings is 1. The van der Waals surface area contributed by atoms with Crippen LogP contribution >= 0.6 is 11.6 Å². The second kappa shape index (κ2) is 6.15. The van der Waals surface area contributed by atoms with Crippen molar-refractivity contribution in [2.24, 2.45) is 0 Å². The van der Waals surface area contributed by atoms with Crippen molar-refractivity contribution in [2.75, 3.05) is 0 Å². The molecule has 0 aliphatic rings. The van der Waals surface area contributed by atoms with Crippen LogP contribution in [0.15, 0.2) is 46.9 Å². The fraction of sp³-hybridized carbons (Fsp3) is 0.111. The van der Waals surface area contributed by atoms with E-state index in [0.717, 1.165) is 16.5 Å². The first kappa shape index (κ1) is 15.1. The van der Waals surface area contributed by atoms with Gasteiger partial charge in [0.15, 0.2) is 5.76 Å². The first-order chi connectivity index (χ1) is 11.1. The van der Waals surface area contributed by atoms with Gasteiger partial charge in [-0.15, -0.1) is 0 Å². The van der Waals surface area contributed by atoms with E-state index < -0.39 is 0 Å². The number of halogens is 1. The van der Waals surface area contributed by atoms with E-state index in [1.807, 2.05) is 19.1 Å². The minimum atomic E-state index is -0.279. The van der Waals surface area contributed by atoms with E-state index in [4.69, 9.17) is 21.3 Å². The topological polar surface area (TPSA) is 66.0 Å².